The highest BCUT2D eigenvalue weighted by atomic mass is 32.2. The van der Waals surface area contributed by atoms with Crippen molar-refractivity contribution in [1.82, 2.24) is 20.2 Å². The van der Waals surface area contributed by atoms with Crippen LogP contribution in [0.5, 0.6) is 0 Å². The topological polar surface area (TPSA) is 85.8 Å². The number of hydrogen-bond acceptors (Lipinski definition) is 5. The van der Waals surface area contributed by atoms with Crippen molar-refractivity contribution in [2.24, 2.45) is 0 Å². The van der Waals surface area contributed by atoms with E-state index < -0.39 is 0 Å². The van der Waals surface area contributed by atoms with Crippen molar-refractivity contribution >= 4 is 17.7 Å². The third-order valence-electron chi connectivity index (χ3n) is 3.30. The maximum absolute atomic E-state index is 12.2. The Morgan fingerprint density at radius 1 is 1.30 bits per heavy atom. The minimum atomic E-state index is -0.307. The first kappa shape index (κ1) is 17.3. The first-order valence-corrected chi connectivity index (χ1v) is 8.36. The van der Waals surface area contributed by atoms with Crippen LogP contribution in [0.4, 0.5) is 0 Å². The van der Waals surface area contributed by atoms with Gasteiger partial charge in [-0.15, -0.1) is 10.2 Å². The van der Waals surface area contributed by atoms with Crippen molar-refractivity contribution in [2.45, 2.75) is 50.1 Å². The summed E-state index contributed by atoms with van der Waals surface area (Å²) < 4.78 is 1.46. The number of benzene rings is 1. The fourth-order valence-corrected chi connectivity index (χ4v) is 2.80. The van der Waals surface area contributed by atoms with E-state index in [1.165, 1.54) is 16.4 Å². The Kier molecular flexibility index (Phi) is 5.30. The molecule has 1 aromatic carbocycles. The molecular formula is C16H23N5OS. The van der Waals surface area contributed by atoms with Gasteiger partial charge in [0.1, 0.15) is 0 Å². The maximum atomic E-state index is 12.2. The zero-order valence-electron chi connectivity index (χ0n) is 13.9. The number of aromatic nitrogens is 3. The molecule has 0 spiro atoms. The van der Waals surface area contributed by atoms with E-state index in [-0.39, 0.29) is 16.6 Å². The van der Waals surface area contributed by atoms with Crippen molar-refractivity contribution in [3.63, 3.8) is 0 Å². The Morgan fingerprint density at radius 3 is 2.52 bits per heavy atom. The van der Waals surface area contributed by atoms with Gasteiger partial charge in [0.2, 0.25) is 11.1 Å². The summed E-state index contributed by atoms with van der Waals surface area (Å²) in [6.07, 6.45) is 0. The highest BCUT2D eigenvalue weighted by molar-refractivity contribution is 8.00. The van der Waals surface area contributed by atoms with E-state index in [1.54, 1.807) is 0 Å². The van der Waals surface area contributed by atoms with E-state index in [2.05, 4.69) is 15.5 Å². The third-order valence-corrected chi connectivity index (χ3v) is 4.35. The summed E-state index contributed by atoms with van der Waals surface area (Å²) in [6.45, 7) is 8.39. The maximum Gasteiger partial charge on any atom is 0.233 e. The summed E-state index contributed by atoms with van der Waals surface area (Å²) >= 11 is 1.30. The predicted octanol–water partition coefficient (Wildman–Crippen LogP) is 2.09. The molecule has 6 nitrogen and oxygen atoms in total. The standard InChI is InChI=1S/C16H23N5OS/c1-11(13(22)18-10-12-8-6-5-7-9-12)23-15-20-19-14(21(15)17)16(2,3)4/h5-9,11H,10,17H2,1-4H3,(H,18,22). The van der Waals surface area contributed by atoms with Crippen LogP contribution in [-0.4, -0.2) is 26.0 Å². The summed E-state index contributed by atoms with van der Waals surface area (Å²) in [4.78, 5) is 12.2. The largest absolute Gasteiger partial charge is 0.351 e. The lowest BCUT2D eigenvalue weighted by Gasteiger charge is -2.17. The zero-order chi connectivity index (χ0) is 17.0. The molecule has 7 heteroatoms. The minimum absolute atomic E-state index is 0.0563. The Balaban J connectivity index is 1.95. The molecule has 0 saturated carbocycles. The van der Waals surface area contributed by atoms with Gasteiger partial charge in [-0.1, -0.05) is 62.9 Å². The van der Waals surface area contributed by atoms with Crippen LogP contribution >= 0.6 is 11.8 Å². The third kappa shape index (κ3) is 4.48. The summed E-state index contributed by atoms with van der Waals surface area (Å²) in [5, 5.41) is 11.4. The highest BCUT2D eigenvalue weighted by Gasteiger charge is 2.25. The second-order valence-electron chi connectivity index (χ2n) is 6.39. The Morgan fingerprint density at radius 2 is 1.96 bits per heavy atom. The van der Waals surface area contributed by atoms with Crippen LogP contribution in [0.15, 0.2) is 35.5 Å². The Hall–Kier alpha value is -2.02. The average Bonchev–Trinajstić information content (AvgIpc) is 2.87. The van der Waals surface area contributed by atoms with Gasteiger partial charge in [-0.25, -0.2) is 4.68 Å². The lowest BCUT2D eigenvalue weighted by atomic mass is 9.96. The summed E-state index contributed by atoms with van der Waals surface area (Å²) in [5.74, 6) is 6.68. The number of nitrogens with two attached hydrogens (primary N) is 1. The van der Waals surface area contributed by atoms with E-state index in [9.17, 15) is 4.79 Å². The fourth-order valence-electron chi connectivity index (χ4n) is 2.01. The number of amides is 1. The van der Waals surface area contributed by atoms with Crippen LogP contribution in [-0.2, 0) is 16.8 Å². The van der Waals surface area contributed by atoms with Crippen LogP contribution in [0, 0.1) is 0 Å². The Labute approximate surface area is 140 Å². The molecule has 0 radical (unpaired) electrons. The van der Waals surface area contributed by atoms with E-state index >= 15 is 0 Å². The number of nitrogens with one attached hydrogen (secondary N) is 1. The number of carbonyl (C=O) groups is 1. The van der Waals surface area contributed by atoms with Crippen molar-refractivity contribution in [1.29, 1.82) is 0 Å². The molecule has 3 N–H and O–H groups in total. The molecule has 1 atom stereocenters. The number of nitrogens with zero attached hydrogens (tertiary/aromatic N) is 3. The molecular weight excluding hydrogens is 310 g/mol. The molecule has 2 aromatic rings. The molecule has 0 fully saturated rings. The minimum Gasteiger partial charge on any atom is -0.351 e. The van der Waals surface area contributed by atoms with Gasteiger partial charge in [0.25, 0.3) is 0 Å². The van der Waals surface area contributed by atoms with Crippen LogP contribution in [0.1, 0.15) is 39.1 Å². The Bertz CT molecular complexity index is 663. The van der Waals surface area contributed by atoms with E-state index in [0.717, 1.165) is 5.56 Å². The summed E-state index contributed by atoms with van der Waals surface area (Å²) in [7, 11) is 0. The predicted molar refractivity (Wildman–Crippen MR) is 92.5 cm³/mol. The van der Waals surface area contributed by atoms with Crippen LogP contribution in [0.25, 0.3) is 0 Å². The molecule has 1 aromatic heterocycles. The van der Waals surface area contributed by atoms with Crippen molar-refractivity contribution in [2.75, 3.05) is 5.84 Å². The average molecular weight is 333 g/mol. The first-order chi connectivity index (χ1) is 10.8. The molecule has 124 valence electrons. The number of hydrogen-bond donors (Lipinski definition) is 2. The van der Waals surface area contributed by atoms with E-state index in [0.29, 0.717) is 17.5 Å². The molecule has 0 aliphatic rings. The van der Waals surface area contributed by atoms with Crippen molar-refractivity contribution < 1.29 is 4.79 Å². The lowest BCUT2D eigenvalue weighted by molar-refractivity contribution is -0.120. The normalized spacial score (nSPS) is 12.9. The lowest BCUT2D eigenvalue weighted by Crippen LogP contribution is -2.31. The molecule has 0 aliphatic carbocycles. The van der Waals surface area contributed by atoms with Gasteiger partial charge in [0.15, 0.2) is 5.82 Å². The van der Waals surface area contributed by atoms with Crippen molar-refractivity contribution in [3.05, 3.63) is 41.7 Å². The van der Waals surface area contributed by atoms with Gasteiger partial charge in [0.05, 0.1) is 5.25 Å². The molecule has 1 amide bonds. The van der Waals surface area contributed by atoms with Gasteiger partial charge in [0, 0.05) is 12.0 Å². The first-order valence-electron chi connectivity index (χ1n) is 7.48. The second-order valence-corrected chi connectivity index (χ2v) is 7.70. The summed E-state index contributed by atoms with van der Waals surface area (Å²) in [5.41, 5.74) is 0.870. The molecule has 1 heterocycles. The smallest absolute Gasteiger partial charge is 0.233 e. The van der Waals surface area contributed by atoms with Gasteiger partial charge in [-0.05, 0) is 12.5 Å². The van der Waals surface area contributed by atoms with Crippen molar-refractivity contribution in [3.8, 4) is 0 Å². The number of carbonyl (C=O) groups excluding carboxylic acids is 1. The van der Waals surface area contributed by atoms with E-state index in [1.807, 2.05) is 58.0 Å². The fraction of sp³-hybridized carbons (Fsp3) is 0.438. The molecule has 23 heavy (non-hydrogen) atoms. The van der Waals surface area contributed by atoms with Gasteiger partial charge < -0.3 is 11.2 Å². The van der Waals surface area contributed by atoms with Crippen LogP contribution < -0.4 is 11.2 Å². The molecule has 0 bridgehead atoms. The molecule has 0 saturated heterocycles. The molecule has 1 unspecified atom stereocenters. The van der Waals surface area contributed by atoms with Gasteiger partial charge in [-0.3, -0.25) is 4.79 Å². The van der Waals surface area contributed by atoms with E-state index in [4.69, 9.17) is 5.84 Å². The van der Waals surface area contributed by atoms with Crippen LogP contribution in [0.3, 0.4) is 0 Å². The molecule has 2 rings (SSSR count). The summed E-state index contributed by atoms with van der Waals surface area (Å²) in [6, 6.07) is 9.80. The number of nitrogen functional groups attached to an aromatic ring is 1. The highest BCUT2D eigenvalue weighted by Crippen LogP contribution is 2.25. The zero-order valence-corrected chi connectivity index (χ0v) is 14.7. The van der Waals surface area contributed by atoms with Gasteiger partial charge >= 0.3 is 0 Å². The second kappa shape index (κ2) is 7.04. The van der Waals surface area contributed by atoms with Crippen LogP contribution in [0.2, 0.25) is 0 Å². The van der Waals surface area contributed by atoms with Gasteiger partial charge in [-0.2, -0.15) is 0 Å². The monoisotopic (exact) mass is 333 g/mol. The molecule has 0 aliphatic heterocycles. The number of thioether (sulfide) groups is 1. The number of rotatable bonds is 5. The SMILES string of the molecule is CC(Sc1nnc(C(C)(C)C)n1N)C(=O)NCc1ccccc1. The quantitative estimate of drug-likeness (QED) is 0.646.